The topological polar surface area (TPSA) is 31.4 Å². The maximum Gasteiger partial charge on any atom is 0.107 e. The van der Waals surface area contributed by atoms with Gasteiger partial charge in [-0.05, 0) is 45.1 Å². The van der Waals surface area contributed by atoms with Gasteiger partial charge in [-0.3, -0.25) is 14.8 Å². The minimum atomic E-state index is -0.122. The highest BCUT2D eigenvalue weighted by atomic mass is 15.4. The number of hydrogen-bond acceptors (Lipinski definition) is 4. The summed E-state index contributed by atoms with van der Waals surface area (Å²) in [6.07, 6.45) is 10.3. The van der Waals surface area contributed by atoms with E-state index >= 15 is 0 Å². The monoisotopic (exact) mass is 298 g/mol. The van der Waals surface area contributed by atoms with Crippen LogP contribution in [0.5, 0.6) is 0 Å². The van der Waals surface area contributed by atoms with Crippen LogP contribution in [-0.4, -0.2) is 52.7 Å². The first-order valence-corrected chi connectivity index (χ1v) is 8.16. The van der Waals surface area contributed by atoms with Crippen LogP contribution < -0.4 is 5.32 Å². The summed E-state index contributed by atoms with van der Waals surface area (Å²) in [7, 11) is 0. The summed E-state index contributed by atoms with van der Waals surface area (Å²) in [6.45, 7) is 11.3. The fourth-order valence-corrected chi connectivity index (χ4v) is 3.27. The van der Waals surface area contributed by atoms with Crippen molar-refractivity contribution in [3.8, 4) is 0 Å². The molecule has 4 heteroatoms. The van der Waals surface area contributed by atoms with Crippen LogP contribution in [0.4, 0.5) is 0 Å². The van der Waals surface area contributed by atoms with Crippen molar-refractivity contribution in [1.82, 2.24) is 20.1 Å². The molecular formula is C18H26N4. The average Bonchev–Trinajstić information content (AvgIpc) is 2.56. The summed E-state index contributed by atoms with van der Waals surface area (Å²) in [5.41, 5.74) is 2.16. The van der Waals surface area contributed by atoms with Crippen LogP contribution in [0.15, 0.2) is 42.8 Å². The molecule has 0 spiro atoms. The second kappa shape index (κ2) is 6.23. The van der Waals surface area contributed by atoms with Gasteiger partial charge in [0.15, 0.2) is 0 Å². The third kappa shape index (κ3) is 3.08. The van der Waals surface area contributed by atoms with E-state index < -0.39 is 0 Å². The van der Waals surface area contributed by atoms with Crippen molar-refractivity contribution in [2.75, 3.05) is 26.2 Å². The third-order valence-electron chi connectivity index (χ3n) is 4.75. The quantitative estimate of drug-likeness (QED) is 0.928. The van der Waals surface area contributed by atoms with Gasteiger partial charge in [0, 0.05) is 55.9 Å². The first-order valence-electron chi connectivity index (χ1n) is 8.16. The molecular weight excluding hydrogens is 272 g/mol. The van der Waals surface area contributed by atoms with Crippen molar-refractivity contribution in [2.24, 2.45) is 0 Å². The molecule has 1 unspecified atom stereocenters. The van der Waals surface area contributed by atoms with E-state index in [1.54, 1.807) is 0 Å². The van der Waals surface area contributed by atoms with Crippen molar-refractivity contribution in [1.29, 1.82) is 0 Å². The maximum absolute atomic E-state index is 4.22. The number of nitrogens with one attached hydrogen (secondary N) is 1. The molecule has 0 aliphatic carbocycles. The van der Waals surface area contributed by atoms with E-state index in [0.717, 1.165) is 37.4 Å². The molecule has 0 saturated carbocycles. The van der Waals surface area contributed by atoms with E-state index in [0.29, 0.717) is 6.04 Å². The lowest BCUT2D eigenvalue weighted by molar-refractivity contribution is 0.0453. The fourth-order valence-electron chi connectivity index (χ4n) is 3.27. The zero-order valence-corrected chi connectivity index (χ0v) is 13.8. The second-order valence-electron chi connectivity index (χ2n) is 6.57. The molecule has 4 nitrogen and oxygen atoms in total. The van der Waals surface area contributed by atoms with E-state index in [2.05, 4.69) is 65.2 Å². The molecule has 0 radical (unpaired) electrons. The van der Waals surface area contributed by atoms with Crippen molar-refractivity contribution < 1.29 is 0 Å². The van der Waals surface area contributed by atoms with Gasteiger partial charge in [0.1, 0.15) is 5.66 Å². The Morgan fingerprint density at radius 3 is 2.64 bits per heavy atom. The smallest absolute Gasteiger partial charge is 0.107 e. The fraction of sp³-hybridized carbons (Fsp3) is 0.500. The predicted molar refractivity (Wildman–Crippen MR) is 91.2 cm³/mol. The summed E-state index contributed by atoms with van der Waals surface area (Å²) < 4.78 is 0. The van der Waals surface area contributed by atoms with E-state index in [-0.39, 0.29) is 5.66 Å². The Labute approximate surface area is 133 Å². The molecule has 0 bridgehead atoms. The van der Waals surface area contributed by atoms with E-state index in [1.807, 2.05) is 18.5 Å². The zero-order chi connectivity index (χ0) is 15.6. The molecule has 118 valence electrons. The lowest BCUT2D eigenvalue weighted by Gasteiger charge is -2.47. The van der Waals surface area contributed by atoms with Gasteiger partial charge in [0.05, 0.1) is 0 Å². The number of pyridine rings is 1. The highest BCUT2D eigenvalue weighted by Gasteiger charge is 2.34. The largest absolute Gasteiger partial charge is 0.363 e. The SMILES string of the molecule is CC(C)N1CCN(C2(C)C=CC=C(c3cccnc3)N2)CC1. The molecule has 1 aromatic rings. The Hall–Kier alpha value is -1.65. The van der Waals surface area contributed by atoms with Crippen LogP contribution in [0.2, 0.25) is 0 Å². The standard InChI is InChI=1S/C18H26N4/c1-15(2)21-10-12-22(13-11-21)18(3)8-4-7-17(20-18)16-6-5-9-19-14-16/h4-9,14-15,20H,10-13H2,1-3H3. The predicted octanol–water partition coefficient (Wildman–Crippen LogP) is 2.32. The maximum atomic E-state index is 4.22. The molecule has 1 atom stereocenters. The molecule has 0 aromatic carbocycles. The highest BCUT2D eigenvalue weighted by molar-refractivity contribution is 5.67. The molecule has 2 aliphatic rings. The molecule has 0 amide bonds. The number of piperazine rings is 1. The minimum Gasteiger partial charge on any atom is -0.363 e. The van der Waals surface area contributed by atoms with E-state index in [4.69, 9.17) is 0 Å². The summed E-state index contributed by atoms with van der Waals surface area (Å²) in [5, 5.41) is 3.70. The van der Waals surface area contributed by atoms with Crippen molar-refractivity contribution in [2.45, 2.75) is 32.5 Å². The third-order valence-corrected chi connectivity index (χ3v) is 4.75. The van der Waals surface area contributed by atoms with Crippen LogP contribution in [0.25, 0.3) is 5.70 Å². The average molecular weight is 298 g/mol. The molecule has 1 N–H and O–H groups in total. The van der Waals surface area contributed by atoms with E-state index in [9.17, 15) is 0 Å². The molecule has 1 aromatic heterocycles. The Morgan fingerprint density at radius 2 is 2.00 bits per heavy atom. The first-order chi connectivity index (χ1) is 10.6. The number of allylic oxidation sites excluding steroid dienone is 2. The Morgan fingerprint density at radius 1 is 1.23 bits per heavy atom. The van der Waals surface area contributed by atoms with Crippen molar-refractivity contribution in [3.05, 3.63) is 48.3 Å². The summed E-state index contributed by atoms with van der Waals surface area (Å²) in [4.78, 5) is 9.30. The van der Waals surface area contributed by atoms with Gasteiger partial charge in [-0.1, -0.05) is 6.08 Å². The number of dihydropyridines is 1. The van der Waals surface area contributed by atoms with Crippen LogP contribution in [0.3, 0.4) is 0 Å². The molecule has 22 heavy (non-hydrogen) atoms. The summed E-state index contributed by atoms with van der Waals surface area (Å²) in [5.74, 6) is 0. The summed E-state index contributed by atoms with van der Waals surface area (Å²) >= 11 is 0. The van der Waals surface area contributed by atoms with Crippen molar-refractivity contribution in [3.63, 3.8) is 0 Å². The van der Waals surface area contributed by atoms with Gasteiger partial charge < -0.3 is 5.32 Å². The van der Waals surface area contributed by atoms with Crippen LogP contribution in [0, 0.1) is 0 Å². The molecule has 1 fully saturated rings. The van der Waals surface area contributed by atoms with Crippen LogP contribution >= 0.6 is 0 Å². The summed E-state index contributed by atoms with van der Waals surface area (Å²) in [6, 6.07) is 4.72. The first kappa shape index (κ1) is 15.3. The van der Waals surface area contributed by atoms with Gasteiger partial charge in [0.2, 0.25) is 0 Å². The second-order valence-corrected chi connectivity index (χ2v) is 6.57. The van der Waals surface area contributed by atoms with Gasteiger partial charge >= 0.3 is 0 Å². The highest BCUT2D eigenvalue weighted by Crippen LogP contribution is 2.25. The normalized spacial score (nSPS) is 26.8. The van der Waals surface area contributed by atoms with E-state index in [1.165, 1.54) is 0 Å². The minimum absolute atomic E-state index is 0.122. The van der Waals surface area contributed by atoms with Gasteiger partial charge in [-0.25, -0.2) is 0 Å². The molecule has 2 aliphatic heterocycles. The lowest BCUT2D eigenvalue weighted by atomic mass is 10.0. The number of rotatable bonds is 3. The van der Waals surface area contributed by atoms with Crippen LogP contribution in [-0.2, 0) is 0 Å². The molecule has 3 rings (SSSR count). The Balaban J connectivity index is 1.70. The number of hydrogen-bond donors (Lipinski definition) is 1. The Bertz CT molecular complexity index is 556. The van der Waals surface area contributed by atoms with Gasteiger partial charge in [-0.2, -0.15) is 0 Å². The molecule has 3 heterocycles. The van der Waals surface area contributed by atoms with Crippen LogP contribution in [0.1, 0.15) is 26.3 Å². The molecule has 1 saturated heterocycles. The van der Waals surface area contributed by atoms with Crippen molar-refractivity contribution >= 4 is 5.70 Å². The van der Waals surface area contributed by atoms with Gasteiger partial charge in [0.25, 0.3) is 0 Å². The Kier molecular flexibility index (Phi) is 4.32. The number of aromatic nitrogens is 1. The lowest BCUT2D eigenvalue weighted by Crippen LogP contribution is -2.61. The number of nitrogens with zero attached hydrogens (tertiary/aromatic N) is 3. The zero-order valence-electron chi connectivity index (χ0n) is 13.8. The van der Waals surface area contributed by atoms with Gasteiger partial charge in [-0.15, -0.1) is 0 Å².